The summed E-state index contributed by atoms with van der Waals surface area (Å²) in [5, 5.41) is 13.5. The summed E-state index contributed by atoms with van der Waals surface area (Å²) >= 11 is 6.01. The van der Waals surface area contributed by atoms with Gasteiger partial charge in [-0.1, -0.05) is 35.6 Å². The second-order valence-electron chi connectivity index (χ2n) is 6.28. The number of nitrogens with zero attached hydrogens (tertiary/aromatic N) is 1. The first-order chi connectivity index (χ1) is 14.9. The number of non-ortho nitro benzene ring substituents is 1. The molecule has 31 heavy (non-hydrogen) atoms. The van der Waals surface area contributed by atoms with Gasteiger partial charge >= 0.3 is 5.97 Å². The van der Waals surface area contributed by atoms with Gasteiger partial charge in [-0.25, -0.2) is 4.79 Å². The Morgan fingerprint density at radius 3 is 2.32 bits per heavy atom. The smallest absolute Gasteiger partial charge is 0.337 e. The van der Waals surface area contributed by atoms with Gasteiger partial charge in [-0.2, -0.15) is 0 Å². The van der Waals surface area contributed by atoms with E-state index in [1.807, 2.05) is 0 Å². The van der Waals surface area contributed by atoms with Crippen molar-refractivity contribution in [1.82, 2.24) is 0 Å². The fraction of sp³-hybridized carbons (Fsp3) is 0.0435. The van der Waals surface area contributed by atoms with Gasteiger partial charge in [-0.15, -0.1) is 0 Å². The van der Waals surface area contributed by atoms with E-state index < -0.39 is 16.8 Å². The van der Waals surface area contributed by atoms with E-state index in [1.165, 1.54) is 19.2 Å². The number of benzene rings is 3. The van der Waals surface area contributed by atoms with Crippen molar-refractivity contribution < 1.29 is 19.2 Å². The monoisotopic (exact) mass is 434 g/mol. The van der Waals surface area contributed by atoms with Crippen LogP contribution in [0.3, 0.4) is 0 Å². The van der Waals surface area contributed by atoms with Crippen LogP contribution >= 0.6 is 11.6 Å². The molecule has 0 spiro atoms. The molecule has 0 aliphatic heterocycles. The number of nitro benzene ring substituents is 1. The minimum Gasteiger partial charge on any atom is -0.465 e. The summed E-state index contributed by atoms with van der Waals surface area (Å²) in [7, 11) is 1.31. The lowest BCUT2D eigenvalue weighted by Crippen LogP contribution is -2.12. The van der Waals surface area contributed by atoms with Crippen molar-refractivity contribution >= 4 is 34.9 Å². The lowest BCUT2D eigenvalue weighted by atomic mass is 10.1. The Morgan fingerprint density at radius 1 is 1.00 bits per heavy atom. The van der Waals surface area contributed by atoms with Crippen molar-refractivity contribution in [1.29, 1.82) is 0 Å². The molecule has 0 saturated carbocycles. The minimum absolute atomic E-state index is 0.0202. The Morgan fingerprint density at radius 2 is 1.68 bits per heavy atom. The molecule has 3 aromatic carbocycles. The number of nitro groups is 1. The van der Waals surface area contributed by atoms with E-state index >= 15 is 0 Å². The van der Waals surface area contributed by atoms with Gasteiger partial charge in [0.25, 0.3) is 11.6 Å². The topological polar surface area (TPSA) is 98.5 Å². The molecule has 1 N–H and O–H groups in total. The van der Waals surface area contributed by atoms with Crippen molar-refractivity contribution in [2.75, 3.05) is 12.4 Å². The highest BCUT2D eigenvalue weighted by Crippen LogP contribution is 2.23. The molecule has 154 valence electrons. The lowest BCUT2D eigenvalue weighted by molar-refractivity contribution is -0.384. The molecule has 0 unspecified atom stereocenters. The summed E-state index contributed by atoms with van der Waals surface area (Å²) in [6.07, 6.45) is 0. The van der Waals surface area contributed by atoms with Crippen molar-refractivity contribution in [3.63, 3.8) is 0 Å². The molecule has 0 atom stereocenters. The van der Waals surface area contributed by atoms with E-state index in [9.17, 15) is 19.7 Å². The number of amides is 1. The fourth-order valence-corrected chi connectivity index (χ4v) is 2.92. The molecule has 1 amide bonds. The maximum atomic E-state index is 12.5. The van der Waals surface area contributed by atoms with Crippen LogP contribution in [-0.2, 0) is 4.74 Å². The van der Waals surface area contributed by atoms with Gasteiger partial charge in [-0.3, -0.25) is 14.9 Å². The first kappa shape index (κ1) is 21.6. The second-order valence-corrected chi connectivity index (χ2v) is 6.69. The maximum Gasteiger partial charge on any atom is 0.337 e. The number of carbonyl (C=O) groups is 2. The first-order valence-corrected chi connectivity index (χ1v) is 9.31. The molecule has 0 aliphatic rings. The standard InChI is InChI=1S/C23H15ClN2O5/c1-31-23(28)17-6-2-4-15(12-17)8-9-16-5-3-7-18(13-16)25-22(27)20-11-10-19(26(29)30)14-21(20)24/h2-7,10-14H,1H3,(H,25,27). The van der Waals surface area contributed by atoms with Crippen LogP contribution in [0, 0.1) is 22.0 Å². The van der Waals surface area contributed by atoms with Crippen LogP contribution < -0.4 is 5.32 Å². The number of halogens is 1. The van der Waals surface area contributed by atoms with Crippen LogP contribution in [0.15, 0.2) is 66.7 Å². The summed E-state index contributed by atoms with van der Waals surface area (Å²) in [5.74, 6) is 4.99. The largest absolute Gasteiger partial charge is 0.465 e. The zero-order chi connectivity index (χ0) is 22.4. The van der Waals surface area contributed by atoms with Crippen LogP contribution in [-0.4, -0.2) is 23.9 Å². The third-order valence-corrected chi connectivity index (χ3v) is 4.48. The van der Waals surface area contributed by atoms with Gasteiger partial charge in [0.2, 0.25) is 0 Å². The van der Waals surface area contributed by atoms with Crippen LogP contribution in [0.4, 0.5) is 11.4 Å². The molecular weight excluding hydrogens is 420 g/mol. The van der Waals surface area contributed by atoms with Crippen molar-refractivity contribution in [3.8, 4) is 11.8 Å². The first-order valence-electron chi connectivity index (χ1n) is 8.93. The zero-order valence-corrected chi connectivity index (χ0v) is 17.0. The van der Waals surface area contributed by atoms with Gasteiger partial charge in [0.1, 0.15) is 0 Å². The molecular formula is C23H15ClN2O5. The molecule has 3 aromatic rings. The molecule has 0 bridgehead atoms. The highest BCUT2D eigenvalue weighted by molar-refractivity contribution is 6.34. The number of anilines is 1. The lowest BCUT2D eigenvalue weighted by Gasteiger charge is -2.07. The van der Waals surface area contributed by atoms with Gasteiger partial charge in [-0.05, 0) is 42.5 Å². The number of esters is 1. The SMILES string of the molecule is COC(=O)c1cccc(C#Cc2cccc(NC(=O)c3ccc([N+](=O)[O-])cc3Cl)c2)c1. The summed E-state index contributed by atoms with van der Waals surface area (Å²) in [6, 6.07) is 17.2. The highest BCUT2D eigenvalue weighted by atomic mass is 35.5. The van der Waals surface area contributed by atoms with Gasteiger partial charge in [0, 0.05) is 28.9 Å². The van der Waals surface area contributed by atoms with Crippen LogP contribution in [0.25, 0.3) is 0 Å². The van der Waals surface area contributed by atoms with E-state index in [0.29, 0.717) is 22.4 Å². The van der Waals surface area contributed by atoms with E-state index in [1.54, 1.807) is 48.5 Å². The number of hydrogen-bond donors (Lipinski definition) is 1. The summed E-state index contributed by atoms with van der Waals surface area (Å²) in [6.45, 7) is 0. The zero-order valence-electron chi connectivity index (χ0n) is 16.2. The fourth-order valence-electron chi connectivity index (χ4n) is 2.66. The molecule has 0 aromatic heterocycles. The molecule has 3 rings (SSSR count). The average Bonchev–Trinajstić information content (AvgIpc) is 2.77. The highest BCUT2D eigenvalue weighted by Gasteiger charge is 2.15. The third kappa shape index (κ3) is 5.47. The molecule has 0 radical (unpaired) electrons. The van der Waals surface area contributed by atoms with E-state index in [4.69, 9.17) is 16.3 Å². The molecule has 0 saturated heterocycles. The van der Waals surface area contributed by atoms with Crippen molar-refractivity contribution in [2.24, 2.45) is 0 Å². The van der Waals surface area contributed by atoms with Crippen molar-refractivity contribution in [2.45, 2.75) is 0 Å². The number of nitrogens with one attached hydrogen (secondary N) is 1. The number of ether oxygens (including phenoxy) is 1. The molecule has 0 heterocycles. The van der Waals surface area contributed by atoms with Crippen molar-refractivity contribution in [3.05, 3.63) is 104 Å². The second kappa shape index (κ2) is 9.57. The normalized spacial score (nSPS) is 9.87. The minimum atomic E-state index is -0.587. The Bertz CT molecular complexity index is 1240. The number of rotatable bonds is 4. The summed E-state index contributed by atoms with van der Waals surface area (Å²) in [5.41, 5.74) is 2.06. The molecule has 8 heteroatoms. The predicted molar refractivity (Wildman–Crippen MR) is 116 cm³/mol. The van der Waals surface area contributed by atoms with Crippen LogP contribution in [0.1, 0.15) is 31.8 Å². The van der Waals surface area contributed by atoms with Crippen LogP contribution in [0.2, 0.25) is 5.02 Å². The molecule has 0 fully saturated rings. The Hall–Kier alpha value is -4.15. The van der Waals surface area contributed by atoms with E-state index in [-0.39, 0.29) is 16.3 Å². The van der Waals surface area contributed by atoms with E-state index in [2.05, 4.69) is 17.2 Å². The van der Waals surface area contributed by atoms with Gasteiger partial charge in [0.15, 0.2) is 0 Å². The molecule has 0 aliphatic carbocycles. The molecule has 7 nitrogen and oxygen atoms in total. The van der Waals surface area contributed by atoms with Crippen LogP contribution in [0.5, 0.6) is 0 Å². The number of carbonyl (C=O) groups excluding carboxylic acids is 2. The Kier molecular flexibility index (Phi) is 6.65. The Balaban J connectivity index is 1.77. The van der Waals surface area contributed by atoms with E-state index in [0.717, 1.165) is 6.07 Å². The average molecular weight is 435 g/mol. The third-order valence-electron chi connectivity index (χ3n) is 4.16. The Labute approximate surface area is 182 Å². The predicted octanol–water partition coefficient (Wildman–Crippen LogP) is 4.69. The van der Waals surface area contributed by atoms with Gasteiger partial charge in [0.05, 0.1) is 28.2 Å². The quantitative estimate of drug-likeness (QED) is 0.278. The maximum absolute atomic E-state index is 12.5. The number of methoxy groups -OCH3 is 1. The summed E-state index contributed by atoms with van der Waals surface area (Å²) < 4.78 is 4.70. The van der Waals surface area contributed by atoms with Gasteiger partial charge < -0.3 is 10.1 Å². The number of hydrogen-bond acceptors (Lipinski definition) is 5. The summed E-state index contributed by atoms with van der Waals surface area (Å²) in [4.78, 5) is 34.3.